The second-order valence-electron chi connectivity index (χ2n) is 4.23. The lowest BCUT2D eigenvalue weighted by Gasteiger charge is -2.08. The molecule has 0 saturated heterocycles. The van der Waals surface area contributed by atoms with Gasteiger partial charge in [-0.05, 0) is 53.7 Å². The molecule has 1 heterocycles. The maximum atomic E-state index is 4.43. The second kappa shape index (κ2) is 6.11. The Morgan fingerprint density at radius 1 is 1.40 bits per heavy atom. The molecule has 2 nitrogen and oxygen atoms in total. The smallest absolute Gasteiger partial charge is 0.126 e. The Labute approximate surface area is 101 Å². The van der Waals surface area contributed by atoms with Crippen molar-refractivity contribution in [2.24, 2.45) is 5.92 Å². The lowest BCUT2D eigenvalue weighted by Crippen LogP contribution is -2.05. The van der Waals surface area contributed by atoms with E-state index < -0.39 is 0 Å². The van der Waals surface area contributed by atoms with E-state index in [-0.39, 0.29) is 0 Å². The molecule has 3 heteroatoms. The van der Waals surface area contributed by atoms with Gasteiger partial charge in [0.1, 0.15) is 5.82 Å². The molecule has 0 aliphatic rings. The van der Waals surface area contributed by atoms with Crippen molar-refractivity contribution in [2.75, 3.05) is 11.9 Å². The summed E-state index contributed by atoms with van der Waals surface area (Å²) in [6, 6.07) is 4.04. The average Bonchev–Trinajstić information content (AvgIpc) is 2.18. The van der Waals surface area contributed by atoms with Crippen LogP contribution >= 0.6 is 15.9 Å². The number of pyridine rings is 1. The summed E-state index contributed by atoms with van der Waals surface area (Å²) in [7, 11) is 0. The largest absolute Gasteiger partial charge is 0.370 e. The molecule has 0 bridgehead atoms. The molecule has 0 saturated carbocycles. The number of anilines is 1. The van der Waals surface area contributed by atoms with E-state index in [1.165, 1.54) is 12.8 Å². The highest BCUT2D eigenvalue weighted by Gasteiger charge is 1.98. The van der Waals surface area contributed by atoms with Crippen molar-refractivity contribution in [1.82, 2.24) is 4.98 Å². The highest BCUT2D eigenvalue weighted by atomic mass is 79.9. The molecule has 0 aliphatic heterocycles. The van der Waals surface area contributed by atoms with E-state index in [1.807, 2.05) is 19.1 Å². The van der Waals surface area contributed by atoms with Crippen molar-refractivity contribution < 1.29 is 0 Å². The van der Waals surface area contributed by atoms with Crippen molar-refractivity contribution in [2.45, 2.75) is 33.6 Å². The molecule has 0 amide bonds. The van der Waals surface area contributed by atoms with Gasteiger partial charge < -0.3 is 5.32 Å². The Morgan fingerprint density at radius 3 is 2.73 bits per heavy atom. The van der Waals surface area contributed by atoms with Gasteiger partial charge in [-0.15, -0.1) is 0 Å². The summed E-state index contributed by atoms with van der Waals surface area (Å²) in [4.78, 5) is 4.43. The summed E-state index contributed by atoms with van der Waals surface area (Å²) in [5.74, 6) is 1.76. The van der Waals surface area contributed by atoms with E-state index >= 15 is 0 Å². The first-order valence-electron chi connectivity index (χ1n) is 5.46. The summed E-state index contributed by atoms with van der Waals surface area (Å²) in [5.41, 5.74) is 1.03. The van der Waals surface area contributed by atoms with Gasteiger partial charge in [-0.25, -0.2) is 4.98 Å². The Morgan fingerprint density at radius 2 is 2.13 bits per heavy atom. The zero-order valence-electron chi connectivity index (χ0n) is 9.68. The van der Waals surface area contributed by atoms with Crippen molar-refractivity contribution in [3.05, 3.63) is 22.3 Å². The van der Waals surface area contributed by atoms with Crippen LogP contribution in [0.4, 0.5) is 5.82 Å². The minimum atomic E-state index is 0.784. The highest BCUT2D eigenvalue weighted by Crippen LogP contribution is 2.16. The van der Waals surface area contributed by atoms with Gasteiger partial charge in [-0.3, -0.25) is 0 Å². The van der Waals surface area contributed by atoms with E-state index in [0.29, 0.717) is 0 Å². The molecule has 0 unspecified atom stereocenters. The summed E-state index contributed by atoms with van der Waals surface area (Å²) >= 11 is 3.44. The highest BCUT2D eigenvalue weighted by molar-refractivity contribution is 9.10. The fourth-order valence-electron chi connectivity index (χ4n) is 1.37. The molecule has 1 rings (SSSR count). The van der Waals surface area contributed by atoms with E-state index in [1.54, 1.807) is 0 Å². The van der Waals surface area contributed by atoms with Crippen LogP contribution in [0.5, 0.6) is 0 Å². The minimum Gasteiger partial charge on any atom is -0.370 e. The number of hydrogen-bond acceptors (Lipinski definition) is 2. The zero-order valence-corrected chi connectivity index (χ0v) is 11.3. The summed E-state index contributed by atoms with van der Waals surface area (Å²) in [5, 5.41) is 3.34. The van der Waals surface area contributed by atoms with Crippen molar-refractivity contribution in [1.29, 1.82) is 0 Å². The summed E-state index contributed by atoms with van der Waals surface area (Å²) in [6.07, 6.45) is 2.47. The molecule has 0 fully saturated rings. The Kier molecular flexibility index (Phi) is 5.09. The molecule has 0 aliphatic carbocycles. The molecule has 84 valence electrons. The van der Waals surface area contributed by atoms with Crippen molar-refractivity contribution in [3.63, 3.8) is 0 Å². The number of nitrogens with zero attached hydrogens (tertiary/aromatic N) is 1. The molecular weight excluding hydrogens is 252 g/mol. The summed E-state index contributed by atoms with van der Waals surface area (Å²) in [6.45, 7) is 7.51. The fourth-order valence-corrected chi connectivity index (χ4v) is 1.59. The Balaban J connectivity index is 2.35. The number of nitrogens with one attached hydrogen (secondary N) is 1. The quantitative estimate of drug-likeness (QED) is 0.819. The van der Waals surface area contributed by atoms with Crippen LogP contribution in [0, 0.1) is 12.8 Å². The first-order valence-corrected chi connectivity index (χ1v) is 6.26. The fraction of sp³-hybridized carbons (Fsp3) is 0.583. The van der Waals surface area contributed by atoms with Gasteiger partial charge in [0.25, 0.3) is 0 Å². The van der Waals surface area contributed by atoms with E-state index in [0.717, 1.165) is 28.4 Å². The molecule has 15 heavy (non-hydrogen) atoms. The third-order valence-electron chi connectivity index (χ3n) is 2.29. The number of halogens is 1. The normalized spacial score (nSPS) is 10.7. The SMILES string of the molecule is Cc1nc(NCCCC(C)C)ccc1Br. The second-order valence-corrected chi connectivity index (χ2v) is 5.08. The van der Waals surface area contributed by atoms with Crippen molar-refractivity contribution >= 4 is 21.7 Å². The van der Waals surface area contributed by atoms with Gasteiger partial charge in [0.2, 0.25) is 0 Å². The molecule has 1 aromatic heterocycles. The van der Waals surface area contributed by atoms with Gasteiger partial charge in [-0.1, -0.05) is 13.8 Å². The molecule has 1 N–H and O–H groups in total. The molecule has 0 aromatic carbocycles. The van der Waals surface area contributed by atoms with Crippen LogP contribution < -0.4 is 5.32 Å². The lowest BCUT2D eigenvalue weighted by molar-refractivity contribution is 0.566. The number of aromatic nitrogens is 1. The van der Waals surface area contributed by atoms with Crippen LogP contribution in [0.3, 0.4) is 0 Å². The predicted octanol–water partition coefficient (Wildman–Crippen LogP) is 4.00. The van der Waals surface area contributed by atoms with Gasteiger partial charge in [0, 0.05) is 11.0 Å². The van der Waals surface area contributed by atoms with E-state index in [9.17, 15) is 0 Å². The van der Waals surface area contributed by atoms with Gasteiger partial charge >= 0.3 is 0 Å². The number of hydrogen-bond donors (Lipinski definition) is 1. The van der Waals surface area contributed by atoms with Gasteiger partial charge in [0.15, 0.2) is 0 Å². The van der Waals surface area contributed by atoms with Crippen LogP contribution in [0.1, 0.15) is 32.4 Å². The van der Waals surface area contributed by atoms with Crippen LogP contribution in [0.15, 0.2) is 16.6 Å². The third kappa shape index (κ3) is 4.65. The van der Waals surface area contributed by atoms with Crippen LogP contribution in [-0.4, -0.2) is 11.5 Å². The lowest BCUT2D eigenvalue weighted by atomic mass is 10.1. The van der Waals surface area contributed by atoms with Gasteiger partial charge in [0.05, 0.1) is 5.69 Å². The predicted molar refractivity (Wildman–Crippen MR) is 69.2 cm³/mol. The van der Waals surface area contributed by atoms with Gasteiger partial charge in [-0.2, -0.15) is 0 Å². The van der Waals surface area contributed by atoms with Crippen molar-refractivity contribution in [3.8, 4) is 0 Å². The molecule has 1 aromatic rings. The minimum absolute atomic E-state index is 0.784. The van der Waals surface area contributed by atoms with Crippen LogP contribution in [0.25, 0.3) is 0 Å². The summed E-state index contributed by atoms with van der Waals surface area (Å²) < 4.78 is 1.07. The number of rotatable bonds is 5. The zero-order chi connectivity index (χ0) is 11.3. The topological polar surface area (TPSA) is 24.9 Å². The first-order chi connectivity index (χ1) is 7.09. The standard InChI is InChI=1S/C12H19BrN2/c1-9(2)5-4-8-14-12-7-6-11(13)10(3)15-12/h6-7,9H,4-5,8H2,1-3H3,(H,14,15). The number of aryl methyl sites for hydroxylation is 1. The molecular formula is C12H19BrN2. The average molecular weight is 271 g/mol. The molecule has 0 radical (unpaired) electrons. The molecule has 0 atom stereocenters. The third-order valence-corrected chi connectivity index (χ3v) is 3.12. The first kappa shape index (κ1) is 12.5. The van der Waals surface area contributed by atoms with E-state index in [4.69, 9.17) is 0 Å². The monoisotopic (exact) mass is 270 g/mol. The Hall–Kier alpha value is -0.570. The van der Waals surface area contributed by atoms with E-state index in [2.05, 4.69) is 40.1 Å². The van der Waals surface area contributed by atoms with Crippen LogP contribution in [0.2, 0.25) is 0 Å². The van der Waals surface area contributed by atoms with Crippen LogP contribution in [-0.2, 0) is 0 Å². The Bertz CT molecular complexity index is 310. The maximum Gasteiger partial charge on any atom is 0.126 e. The molecule has 0 spiro atoms. The maximum absolute atomic E-state index is 4.43.